The number of hydrogen-bond donors (Lipinski definition) is 1. The van der Waals surface area contributed by atoms with Crippen LogP contribution in [0.5, 0.6) is 0 Å². The quantitative estimate of drug-likeness (QED) is 0.386. The Labute approximate surface area is 189 Å². The van der Waals surface area contributed by atoms with Crippen LogP contribution in [0.2, 0.25) is 0 Å². The third-order valence-electron chi connectivity index (χ3n) is 5.13. The fourth-order valence-corrected chi connectivity index (χ4v) is 4.41. The van der Waals surface area contributed by atoms with E-state index in [9.17, 15) is 19.2 Å². The highest BCUT2D eigenvalue weighted by Gasteiger charge is 2.20. The summed E-state index contributed by atoms with van der Waals surface area (Å²) in [6.45, 7) is 1.15. The second kappa shape index (κ2) is 8.02. The lowest BCUT2D eigenvalue weighted by atomic mass is 10.1. The van der Waals surface area contributed by atoms with Crippen molar-refractivity contribution in [3.8, 4) is 0 Å². The number of fused-ring (bicyclic) bond motifs is 3. The van der Waals surface area contributed by atoms with E-state index in [1.165, 1.54) is 33.5 Å². The maximum absolute atomic E-state index is 13.1. The zero-order valence-electron chi connectivity index (χ0n) is 17.3. The molecule has 4 aromatic heterocycles. The maximum Gasteiger partial charge on any atom is 0.352 e. The Morgan fingerprint density at radius 1 is 1.15 bits per heavy atom. The standard InChI is InChI=1S/C22H17N5O5S/c1-13(28)14-4-2-5-15(10-14)23-18(29)12-26-22(31)27-17-7-9-33-19(17)20(30)25(21(27)24-26)11-16-6-3-8-32-16/h2-10H,11-12H2,1H3,(H,23,29). The highest BCUT2D eigenvalue weighted by atomic mass is 32.1. The van der Waals surface area contributed by atoms with Gasteiger partial charge in [-0.15, -0.1) is 16.4 Å². The molecule has 0 atom stereocenters. The average Bonchev–Trinajstić information content (AvgIpc) is 3.53. The SMILES string of the molecule is CC(=O)c1cccc(NC(=O)Cn2nc3n(Cc4ccco4)c(=O)c4sccc4n3c2=O)c1. The Bertz CT molecular complexity index is 1640. The molecular weight excluding hydrogens is 446 g/mol. The summed E-state index contributed by atoms with van der Waals surface area (Å²) in [5, 5.41) is 8.68. The second-order valence-corrected chi connectivity index (χ2v) is 8.28. The monoisotopic (exact) mass is 463 g/mol. The molecule has 0 aliphatic carbocycles. The molecule has 0 saturated carbocycles. The molecule has 0 bridgehead atoms. The van der Waals surface area contributed by atoms with E-state index in [2.05, 4.69) is 10.4 Å². The van der Waals surface area contributed by atoms with E-state index in [0.29, 0.717) is 27.2 Å². The number of rotatable bonds is 6. The number of nitrogens with one attached hydrogen (secondary N) is 1. The van der Waals surface area contributed by atoms with Crippen LogP contribution in [0.4, 0.5) is 5.69 Å². The van der Waals surface area contributed by atoms with Crippen LogP contribution in [0, 0.1) is 0 Å². The molecule has 166 valence electrons. The minimum absolute atomic E-state index is 0.0870. The van der Waals surface area contributed by atoms with Crippen LogP contribution in [0.25, 0.3) is 16.0 Å². The molecule has 0 spiro atoms. The number of amides is 1. The van der Waals surface area contributed by atoms with Gasteiger partial charge in [-0.1, -0.05) is 12.1 Å². The van der Waals surface area contributed by atoms with Gasteiger partial charge in [-0.25, -0.2) is 13.9 Å². The zero-order valence-corrected chi connectivity index (χ0v) is 18.2. The molecule has 33 heavy (non-hydrogen) atoms. The number of carbonyl (C=O) groups excluding carboxylic acids is 2. The fourth-order valence-electron chi connectivity index (χ4n) is 3.59. The van der Waals surface area contributed by atoms with Gasteiger partial charge in [0.2, 0.25) is 11.7 Å². The predicted molar refractivity (Wildman–Crippen MR) is 122 cm³/mol. The summed E-state index contributed by atoms with van der Waals surface area (Å²) in [6.07, 6.45) is 1.50. The summed E-state index contributed by atoms with van der Waals surface area (Å²) in [5.74, 6) is 0.0124. The van der Waals surface area contributed by atoms with E-state index in [1.807, 2.05) is 0 Å². The van der Waals surface area contributed by atoms with Crippen molar-refractivity contribution < 1.29 is 14.0 Å². The molecule has 1 amide bonds. The summed E-state index contributed by atoms with van der Waals surface area (Å²) in [7, 11) is 0. The number of nitrogens with zero attached hydrogens (tertiary/aromatic N) is 4. The fraction of sp³-hybridized carbons (Fsp3) is 0.136. The first-order valence-corrected chi connectivity index (χ1v) is 10.8. The van der Waals surface area contributed by atoms with Gasteiger partial charge in [-0.05, 0) is 42.6 Å². The molecule has 5 rings (SSSR count). The molecule has 0 radical (unpaired) electrons. The zero-order chi connectivity index (χ0) is 23.1. The van der Waals surface area contributed by atoms with Crippen molar-refractivity contribution in [3.05, 3.63) is 86.3 Å². The van der Waals surface area contributed by atoms with Crippen LogP contribution in [0.1, 0.15) is 23.0 Å². The van der Waals surface area contributed by atoms with Gasteiger partial charge in [-0.3, -0.25) is 19.0 Å². The summed E-state index contributed by atoms with van der Waals surface area (Å²) in [6, 6.07) is 11.6. The summed E-state index contributed by atoms with van der Waals surface area (Å²) in [4.78, 5) is 50.4. The second-order valence-electron chi connectivity index (χ2n) is 7.37. The molecule has 1 N–H and O–H groups in total. The minimum Gasteiger partial charge on any atom is -0.467 e. The maximum atomic E-state index is 13.1. The first-order valence-electron chi connectivity index (χ1n) is 9.95. The molecular formula is C22H17N5O5S. The van der Waals surface area contributed by atoms with E-state index in [-0.39, 0.29) is 30.2 Å². The first kappa shape index (κ1) is 20.6. The Morgan fingerprint density at radius 2 is 2.00 bits per heavy atom. The highest BCUT2D eigenvalue weighted by Crippen LogP contribution is 2.18. The predicted octanol–water partition coefficient (Wildman–Crippen LogP) is 2.36. The number of Topliss-reactive ketones (excluding diaryl/α,β-unsaturated/α-hetero) is 1. The van der Waals surface area contributed by atoms with Crippen molar-refractivity contribution in [1.82, 2.24) is 18.7 Å². The molecule has 0 aliphatic rings. The number of thiophene rings is 1. The number of anilines is 1. The topological polar surface area (TPSA) is 121 Å². The van der Waals surface area contributed by atoms with E-state index in [1.54, 1.807) is 47.8 Å². The third kappa shape index (κ3) is 3.68. The van der Waals surface area contributed by atoms with Crippen molar-refractivity contribution in [2.75, 3.05) is 5.32 Å². The number of benzene rings is 1. The summed E-state index contributed by atoms with van der Waals surface area (Å²) in [5.41, 5.74) is 0.473. The molecule has 0 fully saturated rings. The first-order chi connectivity index (χ1) is 15.9. The van der Waals surface area contributed by atoms with Gasteiger partial charge in [0, 0.05) is 11.3 Å². The Hall–Kier alpha value is -4.25. The molecule has 10 nitrogen and oxygen atoms in total. The van der Waals surface area contributed by atoms with Crippen molar-refractivity contribution in [2.24, 2.45) is 0 Å². The number of ketones is 1. The lowest BCUT2D eigenvalue weighted by molar-refractivity contribution is -0.117. The van der Waals surface area contributed by atoms with E-state index in [4.69, 9.17) is 4.42 Å². The normalized spacial score (nSPS) is 11.3. The van der Waals surface area contributed by atoms with Crippen molar-refractivity contribution in [3.63, 3.8) is 0 Å². The molecule has 4 heterocycles. The lowest BCUT2D eigenvalue weighted by Crippen LogP contribution is -2.29. The number of hydrogen-bond acceptors (Lipinski definition) is 7. The molecule has 0 unspecified atom stereocenters. The van der Waals surface area contributed by atoms with Gasteiger partial charge >= 0.3 is 5.69 Å². The molecule has 11 heteroatoms. The average molecular weight is 463 g/mol. The van der Waals surface area contributed by atoms with Gasteiger partial charge in [0.05, 0.1) is 18.3 Å². The smallest absolute Gasteiger partial charge is 0.352 e. The third-order valence-corrected chi connectivity index (χ3v) is 6.02. The summed E-state index contributed by atoms with van der Waals surface area (Å²) < 4.78 is 9.45. The van der Waals surface area contributed by atoms with Gasteiger partial charge in [0.1, 0.15) is 17.0 Å². The number of furan rings is 1. The van der Waals surface area contributed by atoms with E-state index >= 15 is 0 Å². The summed E-state index contributed by atoms with van der Waals surface area (Å²) >= 11 is 1.23. The molecule has 0 aliphatic heterocycles. The Balaban J connectivity index is 1.54. The van der Waals surface area contributed by atoms with Gasteiger partial charge in [0.25, 0.3) is 5.56 Å². The van der Waals surface area contributed by atoms with Crippen LogP contribution in [-0.2, 0) is 17.9 Å². The molecule has 5 aromatic rings. The van der Waals surface area contributed by atoms with Crippen molar-refractivity contribution in [2.45, 2.75) is 20.0 Å². The Morgan fingerprint density at radius 3 is 2.76 bits per heavy atom. The van der Waals surface area contributed by atoms with Crippen LogP contribution < -0.4 is 16.6 Å². The van der Waals surface area contributed by atoms with Gasteiger partial charge < -0.3 is 9.73 Å². The molecule has 0 saturated heterocycles. The number of carbonyl (C=O) groups is 2. The van der Waals surface area contributed by atoms with Crippen molar-refractivity contribution in [1.29, 1.82) is 0 Å². The van der Waals surface area contributed by atoms with Crippen molar-refractivity contribution >= 4 is 44.7 Å². The van der Waals surface area contributed by atoms with Crippen LogP contribution in [-0.4, -0.2) is 30.4 Å². The molecule has 1 aromatic carbocycles. The van der Waals surface area contributed by atoms with E-state index < -0.39 is 11.6 Å². The number of aromatic nitrogens is 4. The largest absolute Gasteiger partial charge is 0.467 e. The Kier molecular flexibility index (Phi) is 5.02. The van der Waals surface area contributed by atoms with E-state index in [0.717, 1.165) is 4.68 Å². The minimum atomic E-state index is -0.547. The lowest BCUT2D eigenvalue weighted by Gasteiger charge is -2.06. The van der Waals surface area contributed by atoms with Crippen LogP contribution >= 0.6 is 11.3 Å². The van der Waals surface area contributed by atoms with Gasteiger partial charge in [-0.2, -0.15) is 0 Å². The van der Waals surface area contributed by atoms with Gasteiger partial charge in [0.15, 0.2) is 5.78 Å². The van der Waals surface area contributed by atoms with Crippen LogP contribution in [0.3, 0.4) is 0 Å². The highest BCUT2D eigenvalue weighted by molar-refractivity contribution is 7.17. The van der Waals surface area contributed by atoms with Crippen LogP contribution in [0.15, 0.2) is 68.1 Å².